The first-order valence-electron chi connectivity index (χ1n) is 7.18. The van der Waals surface area contributed by atoms with Crippen molar-refractivity contribution < 1.29 is 9.47 Å². The molecule has 1 N–H and O–H groups in total. The van der Waals surface area contributed by atoms with Crippen molar-refractivity contribution in [3.63, 3.8) is 0 Å². The molecule has 0 heterocycles. The van der Waals surface area contributed by atoms with Gasteiger partial charge in [0.15, 0.2) is 11.5 Å². The van der Waals surface area contributed by atoms with Gasteiger partial charge in [-0.15, -0.1) is 0 Å². The van der Waals surface area contributed by atoms with E-state index in [0.717, 1.165) is 34.6 Å². The number of hydrogen-bond acceptors (Lipinski definition) is 4. The van der Waals surface area contributed by atoms with Crippen LogP contribution in [0.1, 0.15) is 19.4 Å². The first-order chi connectivity index (χ1) is 9.90. The highest BCUT2D eigenvalue weighted by Gasteiger charge is 2.15. The van der Waals surface area contributed by atoms with E-state index in [2.05, 4.69) is 54.1 Å². The van der Waals surface area contributed by atoms with E-state index in [1.54, 1.807) is 14.2 Å². The standard InChI is InChI=1S/C16H27BrN2O2/c1-11(2)14(19(3)4)10-18-9-12-7-15(20-5)16(21-6)8-13(12)17/h7-8,11,14,18H,9-10H2,1-6H3. The number of ether oxygens (including phenoxy) is 2. The average molecular weight is 359 g/mol. The Labute approximate surface area is 136 Å². The lowest BCUT2D eigenvalue weighted by Crippen LogP contribution is -2.41. The lowest BCUT2D eigenvalue weighted by Gasteiger charge is -2.28. The van der Waals surface area contributed by atoms with E-state index < -0.39 is 0 Å². The van der Waals surface area contributed by atoms with Gasteiger partial charge in [-0.3, -0.25) is 0 Å². The Morgan fingerprint density at radius 3 is 2.19 bits per heavy atom. The van der Waals surface area contributed by atoms with Crippen LogP contribution in [0.5, 0.6) is 11.5 Å². The molecule has 0 aliphatic rings. The molecule has 0 aliphatic carbocycles. The van der Waals surface area contributed by atoms with Crippen LogP contribution in [-0.4, -0.2) is 45.8 Å². The van der Waals surface area contributed by atoms with Crippen molar-refractivity contribution in [1.82, 2.24) is 10.2 Å². The molecule has 0 saturated carbocycles. The Bertz CT molecular complexity index is 442. The van der Waals surface area contributed by atoms with Gasteiger partial charge in [0.1, 0.15) is 0 Å². The number of rotatable bonds is 8. The number of hydrogen-bond donors (Lipinski definition) is 1. The van der Waals surface area contributed by atoms with Gasteiger partial charge in [0.2, 0.25) is 0 Å². The monoisotopic (exact) mass is 358 g/mol. The Hall–Kier alpha value is -0.780. The van der Waals surface area contributed by atoms with Gasteiger partial charge in [0, 0.05) is 23.6 Å². The third-order valence-electron chi connectivity index (χ3n) is 3.65. The van der Waals surface area contributed by atoms with Crippen LogP contribution >= 0.6 is 15.9 Å². The summed E-state index contributed by atoms with van der Waals surface area (Å²) in [5.74, 6) is 2.10. The molecule has 4 nitrogen and oxygen atoms in total. The molecule has 21 heavy (non-hydrogen) atoms. The number of nitrogens with one attached hydrogen (secondary N) is 1. The predicted octanol–water partition coefficient (Wildman–Crippen LogP) is 3.14. The average Bonchev–Trinajstić information content (AvgIpc) is 2.43. The maximum Gasteiger partial charge on any atom is 0.161 e. The number of benzene rings is 1. The Morgan fingerprint density at radius 1 is 1.14 bits per heavy atom. The van der Waals surface area contributed by atoms with Gasteiger partial charge in [-0.25, -0.2) is 0 Å². The van der Waals surface area contributed by atoms with Crippen molar-refractivity contribution in [2.45, 2.75) is 26.4 Å². The van der Waals surface area contributed by atoms with Crippen molar-refractivity contribution in [3.05, 3.63) is 22.2 Å². The van der Waals surface area contributed by atoms with E-state index in [4.69, 9.17) is 9.47 Å². The normalized spacial score (nSPS) is 12.8. The third-order valence-corrected chi connectivity index (χ3v) is 4.39. The summed E-state index contributed by atoms with van der Waals surface area (Å²) >= 11 is 3.59. The zero-order valence-corrected chi connectivity index (χ0v) is 15.5. The molecule has 0 amide bonds. The zero-order chi connectivity index (χ0) is 16.0. The Kier molecular flexibility index (Phi) is 7.49. The quantitative estimate of drug-likeness (QED) is 0.773. The van der Waals surface area contributed by atoms with Crippen LogP contribution in [0.4, 0.5) is 0 Å². The molecule has 0 fully saturated rings. The van der Waals surface area contributed by atoms with Crippen LogP contribution in [0, 0.1) is 5.92 Å². The summed E-state index contributed by atoms with van der Waals surface area (Å²) in [7, 11) is 7.55. The highest BCUT2D eigenvalue weighted by atomic mass is 79.9. The molecule has 0 aliphatic heterocycles. The van der Waals surface area contributed by atoms with Gasteiger partial charge in [0.05, 0.1) is 14.2 Å². The van der Waals surface area contributed by atoms with Gasteiger partial charge in [-0.2, -0.15) is 0 Å². The number of halogens is 1. The van der Waals surface area contributed by atoms with Crippen molar-refractivity contribution in [1.29, 1.82) is 0 Å². The fraction of sp³-hybridized carbons (Fsp3) is 0.625. The summed E-state index contributed by atoms with van der Waals surface area (Å²) in [4.78, 5) is 2.27. The number of likely N-dealkylation sites (N-methyl/N-ethyl adjacent to an activating group) is 1. The minimum absolute atomic E-state index is 0.518. The summed E-state index contributed by atoms with van der Waals surface area (Å²) in [5.41, 5.74) is 1.16. The van der Waals surface area contributed by atoms with E-state index >= 15 is 0 Å². The van der Waals surface area contributed by atoms with Crippen LogP contribution < -0.4 is 14.8 Å². The van der Waals surface area contributed by atoms with Gasteiger partial charge in [-0.05, 0) is 37.7 Å². The second kappa shape index (κ2) is 8.61. The van der Waals surface area contributed by atoms with Crippen molar-refractivity contribution >= 4 is 15.9 Å². The van der Waals surface area contributed by atoms with Crippen molar-refractivity contribution in [2.24, 2.45) is 5.92 Å². The molecule has 0 saturated heterocycles. The third kappa shape index (κ3) is 5.16. The zero-order valence-electron chi connectivity index (χ0n) is 13.9. The molecule has 0 bridgehead atoms. The molecular weight excluding hydrogens is 332 g/mol. The summed E-state index contributed by atoms with van der Waals surface area (Å²) in [5, 5.41) is 3.53. The molecule has 1 aromatic carbocycles. The summed E-state index contributed by atoms with van der Waals surface area (Å²) in [6.07, 6.45) is 0. The second-order valence-electron chi connectivity index (χ2n) is 5.70. The maximum atomic E-state index is 5.35. The van der Waals surface area contributed by atoms with Crippen LogP contribution in [0.25, 0.3) is 0 Å². The van der Waals surface area contributed by atoms with Crippen LogP contribution in [-0.2, 0) is 6.54 Å². The lowest BCUT2D eigenvalue weighted by molar-refractivity contribution is 0.224. The first-order valence-corrected chi connectivity index (χ1v) is 7.97. The molecular formula is C16H27BrN2O2. The smallest absolute Gasteiger partial charge is 0.161 e. The maximum absolute atomic E-state index is 5.35. The van der Waals surface area contributed by atoms with Crippen molar-refractivity contribution in [2.75, 3.05) is 34.9 Å². The van der Waals surface area contributed by atoms with Crippen LogP contribution in [0.3, 0.4) is 0 Å². The van der Waals surface area contributed by atoms with E-state index in [1.807, 2.05) is 12.1 Å². The summed E-state index contributed by atoms with van der Waals surface area (Å²) in [6.45, 7) is 6.24. The summed E-state index contributed by atoms with van der Waals surface area (Å²) < 4.78 is 11.7. The van der Waals surface area contributed by atoms with E-state index in [-0.39, 0.29) is 0 Å². The predicted molar refractivity (Wildman–Crippen MR) is 91.3 cm³/mol. The Balaban J connectivity index is 2.71. The topological polar surface area (TPSA) is 33.7 Å². The fourth-order valence-corrected chi connectivity index (χ4v) is 2.86. The summed E-state index contributed by atoms with van der Waals surface area (Å²) in [6, 6.07) is 4.47. The van der Waals surface area contributed by atoms with Gasteiger partial charge < -0.3 is 19.7 Å². The minimum Gasteiger partial charge on any atom is -0.493 e. The molecule has 0 aromatic heterocycles. The molecule has 120 valence electrons. The van der Waals surface area contributed by atoms with Crippen LogP contribution in [0.15, 0.2) is 16.6 Å². The van der Waals surface area contributed by atoms with E-state index in [9.17, 15) is 0 Å². The second-order valence-corrected chi connectivity index (χ2v) is 6.56. The SMILES string of the molecule is COc1cc(Br)c(CNCC(C(C)C)N(C)C)cc1OC. The number of nitrogens with zero attached hydrogens (tertiary/aromatic N) is 1. The molecule has 0 radical (unpaired) electrons. The fourth-order valence-electron chi connectivity index (χ4n) is 2.40. The largest absolute Gasteiger partial charge is 0.493 e. The Morgan fingerprint density at radius 2 is 1.71 bits per heavy atom. The minimum atomic E-state index is 0.518. The molecule has 1 unspecified atom stereocenters. The van der Waals surface area contributed by atoms with E-state index in [1.165, 1.54) is 0 Å². The van der Waals surface area contributed by atoms with E-state index in [0.29, 0.717) is 12.0 Å². The highest BCUT2D eigenvalue weighted by Crippen LogP contribution is 2.33. The molecule has 0 spiro atoms. The van der Waals surface area contributed by atoms with Gasteiger partial charge >= 0.3 is 0 Å². The first kappa shape index (κ1) is 18.3. The molecule has 5 heteroatoms. The van der Waals surface area contributed by atoms with Gasteiger partial charge in [-0.1, -0.05) is 29.8 Å². The lowest BCUT2D eigenvalue weighted by atomic mass is 10.0. The van der Waals surface area contributed by atoms with Crippen LogP contribution in [0.2, 0.25) is 0 Å². The van der Waals surface area contributed by atoms with Crippen molar-refractivity contribution in [3.8, 4) is 11.5 Å². The molecule has 1 atom stereocenters. The number of methoxy groups -OCH3 is 2. The highest BCUT2D eigenvalue weighted by molar-refractivity contribution is 9.10. The molecule has 1 rings (SSSR count). The van der Waals surface area contributed by atoms with Gasteiger partial charge in [0.25, 0.3) is 0 Å². The molecule has 1 aromatic rings.